The molecule has 0 atom stereocenters. The predicted octanol–water partition coefficient (Wildman–Crippen LogP) is 4.21. The van der Waals surface area contributed by atoms with E-state index in [9.17, 15) is 9.59 Å². The average Bonchev–Trinajstić information content (AvgIpc) is 3.19. The first-order valence-electron chi connectivity index (χ1n) is 9.26. The quantitative estimate of drug-likeness (QED) is 0.485. The maximum absolute atomic E-state index is 12.8. The number of ether oxygens (including phenoxy) is 1. The Hall–Kier alpha value is -3.64. The van der Waals surface area contributed by atoms with E-state index < -0.39 is 5.91 Å². The van der Waals surface area contributed by atoms with Crippen LogP contribution in [0.4, 0.5) is 5.69 Å². The first kappa shape index (κ1) is 18.7. The molecule has 29 heavy (non-hydrogen) atoms. The molecule has 2 amide bonds. The van der Waals surface area contributed by atoms with E-state index in [1.807, 2.05) is 36.4 Å². The summed E-state index contributed by atoms with van der Waals surface area (Å²) in [5.74, 6) is -0.512. The van der Waals surface area contributed by atoms with Gasteiger partial charge in [-0.2, -0.15) is 0 Å². The van der Waals surface area contributed by atoms with E-state index in [0.29, 0.717) is 30.0 Å². The molecule has 2 N–H and O–H groups in total. The van der Waals surface area contributed by atoms with Crippen LogP contribution in [0, 0.1) is 0 Å². The molecule has 0 saturated heterocycles. The third-order valence-electron chi connectivity index (χ3n) is 4.66. The van der Waals surface area contributed by atoms with E-state index >= 15 is 0 Å². The van der Waals surface area contributed by atoms with Gasteiger partial charge in [-0.05, 0) is 35.0 Å². The molecule has 1 aromatic heterocycles. The topological polar surface area (TPSA) is 80.6 Å². The van der Waals surface area contributed by atoms with Gasteiger partial charge >= 0.3 is 0 Å². The van der Waals surface area contributed by atoms with Crippen molar-refractivity contribution in [2.45, 2.75) is 0 Å². The van der Waals surface area contributed by atoms with Crippen LogP contribution < -0.4 is 10.6 Å². The summed E-state index contributed by atoms with van der Waals surface area (Å²) in [6.07, 6.45) is 0. The second-order valence-corrected chi connectivity index (χ2v) is 6.56. The number of para-hydroxylation sites is 1. The fourth-order valence-corrected chi connectivity index (χ4v) is 3.24. The Labute approximate surface area is 167 Å². The largest absolute Gasteiger partial charge is 0.451 e. The summed E-state index contributed by atoms with van der Waals surface area (Å²) in [5, 5.41) is 8.51. The monoisotopic (exact) mass is 388 g/mol. The van der Waals surface area contributed by atoms with Gasteiger partial charge in [-0.3, -0.25) is 9.59 Å². The Morgan fingerprint density at radius 1 is 0.931 bits per heavy atom. The number of anilines is 1. The zero-order chi connectivity index (χ0) is 20.2. The number of hydrogen-bond donors (Lipinski definition) is 2. The van der Waals surface area contributed by atoms with Crippen LogP contribution in [0.2, 0.25) is 0 Å². The van der Waals surface area contributed by atoms with Gasteiger partial charge in [0.25, 0.3) is 11.8 Å². The lowest BCUT2D eigenvalue weighted by atomic mass is 10.1. The first-order chi connectivity index (χ1) is 14.2. The maximum atomic E-state index is 12.8. The number of methoxy groups -OCH3 is 1. The molecule has 0 aliphatic rings. The molecule has 4 rings (SSSR count). The van der Waals surface area contributed by atoms with Crippen molar-refractivity contribution >= 4 is 39.2 Å². The summed E-state index contributed by atoms with van der Waals surface area (Å²) in [6, 6.07) is 20.3. The van der Waals surface area contributed by atoms with Crippen LogP contribution in [0.15, 0.2) is 71.1 Å². The number of furan rings is 1. The van der Waals surface area contributed by atoms with Crippen LogP contribution in [0.3, 0.4) is 0 Å². The SMILES string of the molecule is COCCNC(=O)c1ccccc1NC(=O)c1cc2c(ccc3ccccc32)o1. The van der Waals surface area contributed by atoms with E-state index in [1.165, 1.54) is 0 Å². The fraction of sp³-hybridized carbons (Fsp3) is 0.130. The van der Waals surface area contributed by atoms with E-state index in [2.05, 4.69) is 10.6 Å². The van der Waals surface area contributed by atoms with Crippen molar-refractivity contribution in [1.82, 2.24) is 5.32 Å². The van der Waals surface area contributed by atoms with Crippen LogP contribution in [-0.2, 0) is 4.74 Å². The van der Waals surface area contributed by atoms with E-state index in [1.54, 1.807) is 37.4 Å². The summed E-state index contributed by atoms with van der Waals surface area (Å²) < 4.78 is 10.7. The van der Waals surface area contributed by atoms with Gasteiger partial charge in [0.05, 0.1) is 17.9 Å². The van der Waals surface area contributed by atoms with Gasteiger partial charge < -0.3 is 19.8 Å². The Bertz CT molecular complexity index is 1200. The van der Waals surface area contributed by atoms with Crippen molar-refractivity contribution < 1.29 is 18.7 Å². The molecule has 1 heterocycles. The zero-order valence-corrected chi connectivity index (χ0v) is 15.9. The molecule has 0 radical (unpaired) electrons. The number of hydrogen-bond acceptors (Lipinski definition) is 4. The van der Waals surface area contributed by atoms with Gasteiger partial charge in [-0.1, -0.05) is 42.5 Å². The molecule has 0 bridgehead atoms. The van der Waals surface area contributed by atoms with Gasteiger partial charge in [0.15, 0.2) is 5.76 Å². The third kappa shape index (κ3) is 3.83. The summed E-state index contributed by atoms with van der Waals surface area (Å²) in [5.41, 5.74) is 1.43. The van der Waals surface area contributed by atoms with Crippen LogP contribution in [0.5, 0.6) is 0 Å². The highest BCUT2D eigenvalue weighted by atomic mass is 16.5. The average molecular weight is 388 g/mol. The van der Waals surface area contributed by atoms with Crippen molar-refractivity contribution in [3.8, 4) is 0 Å². The van der Waals surface area contributed by atoms with Gasteiger partial charge in [-0.25, -0.2) is 0 Å². The smallest absolute Gasteiger partial charge is 0.291 e. The number of amides is 2. The van der Waals surface area contributed by atoms with Crippen molar-refractivity contribution in [3.05, 3.63) is 78.1 Å². The standard InChI is InChI=1S/C23H20N2O4/c1-28-13-12-24-22(26)17-8-4-5-9-19(17)25-23(27)21-14-18-16-7-3-2-6-15(16)10-11-20(18)29-21/h2-11,14H,12-13H2,1H3,(H,24,26)(H,25,27). The molecule has 0 aliphatic heterocycles. The molecule has 0 unspecified atom stereocenters. The minimum Gasteiger partial charge on any atom is -0.451 e. The Balaban J connectivity index is 1.60. The summed E-state index contributed by atoms with van der Waals surface area (Å²) in [7, 11) is 1.57. The van der Waals surface area contributed by atoms with Crippen LogP contribution in [-0.4, -0.2) is 32.1 Å². The lowest BCUT2D eigenvalue weighted by Gasteiger charge is -2.10. The molecule has 146 valence electrons. The molecular formula is C23H20N2O4. The minimum absolute atomic E-state index is 0.186. The Morgan fingerprint density at radius 2 is 1.72 bits per heavy atom. The van der Waals surface area contributed by atoms with Gasteiger partial charge in [0, 0.05) is 19.0 Å². The van der Waals surface area contributed by atoms with Crippen molar-refractivity contribution in [1.29, 1.82) is 0 Å². The number of rotatable bonds is 6. The van der Waals surface area contributed by atoms with Crippen LogP contribution in [0.25, 0.3) is 21.7 Å². The lowest BCUT2D eigenvalue weighted by Crippen LogP contribution is -2.28. The second-order valence-electron chi connectivity index (χ2n) is 6.56. The van der Waals surface area contributed by atoms with Gasteiger partial charge in [0.1, 0.15) is 5.58 Å². The van der Waals surface area contributed by atoms with Gasteiger partial charge in [-0.15, -0.1) is 0 Å². The highest BCUT2D eigenvalue weighted by Crippen LogP contribution is 2.28. The summed E-state index contributed by atoms with van der Waals surface area (Å²) in [6.45, 7) is 0.793. The van der Waals surface area contributed by atoms with Crippen LogP contribution >= 0.6 is 0 Å². The van der Waals surface area contributed by atoms with Crippen molar-refractivity contribution in [2.75, 3.05) is 25.6 Å². The summed E-state index contributed by atoms with van der Waals surface area (Å²) in [4.78, 5) is 25.2. The Morgan fingerprint density at radius 3 is 2.59 bits per heavy atom. The molecular weight excluding hydrogens is 368 g/mol. The molecule has 4 aromatic rings. The van der Waals surface area contributed by atoms with Crippen LogP contribution in [0.1, 0.15) is 20.9 Å². The first-order valence-corrected chi connectivity index (χ1v) is 9.26. The number of carbonyl (C=O) groups excluding carboxylic acids is 2. The van der Waals surface area contributed by atoms with Crippen molar-refractivity contribution in [2.24, 2.45) is 0 Å². The Kier molecular flexibility index (Phi) is 5.27. The zero-order valence-electron chi connectivity index (χ0n) is 15.9. The molecule has 0 saturated carbocycles. The fourth-order valence-electron chi connectivity index (χ4n) is 3.24. The van der Waals surface area contributed by atoms with Gasteiger partial charge in [0.2, 0.25) is 0 Å². The van der Waals surface area contributed by atoms with E-state index in [4.69, 9.17) is 9.15 Å². The summed E-state index contributed by atoms with van der Waals surface area (Å²) >= 11 is 0. The minimum atomic E-state index is -0.414. The highest BCUT2D eigenvalue weighted by Gasteiger charge is 2.17. The number of benzene rings is 3. The number of carbonyl (C=O) groups is 2. The normalized spacial score (nSPS) is 10.9. The number of nitrogens with one attached hydrogen (secondary N) is 2. The molecule has 3 aromatic carbocycles. The highest BCUT2D eigenvalue weighted by molar-refractivity contribution is 6.12. The van der Waals surface area contributed by atoms with E-state index in [-0.39, 0.29) is 11.7 Å². The molecule has 0 fully saturated rings. The lowest BCUT2D eigenvalue weighted by molar-refractivity contribution is 0.0938. The second kappa shape index (κ2) is 8.16. The molecule has 0 spiro atoms. The maximum Gasteiger partial charge on any atom is 0.291 e. The number of fused-ring (bicyclic) bond motifs is 3. The van der Waals surface area contributed by atoms with E-state index in [0.717, 1.165) is 16.2 Å². The molecule has 6 heteroatoms. The van der Waals surface area contributed by atoms with Crippen molar-refractivity contribution in [3.63, 3.8) is 0 Å². The predicted molar refractivity (Wildman–Crippen MR) is 112 cm³/mol. The molecule has 6 nitrogen and oxygen atoms in total. The molecule has 0 aliphatic carbocycles. The third-order valence-corrected chi connectivity index (χ3v) is 4.66.